The lowest BCUT2D eigenvalue weighted by Crippen LogP contribution is -1.88. The molecule has 0 radical (unpaired) electrons. The zero-order valence-electron chi connectivity index (χ0n) is 46.3. The van der Waals surface area contributed by atoms with Gasteiger partial charge >= 0.3 is 0 Å². The molecule has 0 aliphatic rings. The third-order valence-corrected chi connectivity index (χ3v) is 9.18. The van der Waals surface area contributed by atoms with Crippen LogP contribution < -0.4 is 0 Å². The number of furan rings is 1. The Morgan fingerprint density at radius 3 is 2.14 bits per heavy atom. The fourth-order valence-electron chi connectivity index (χ4n) is 5.73. The molecule has 0 N–H and O–H groups in total. The normalized spacial score (nSPS) is 17.5. The summed E-state index contributed by atoms with van der Waals surface area (Å²) >= 11 is 0.931. The summed E-state index contributed by atoms with van der Waals surface area (Å²) in [6.07, 6.45) is 1.15. The minimum atomic E-state index is -0.745. The Bertz CT molecular complexity index is 4040. The molecule has 0 amide bonds. The summed E-state index contributed by atoms with van der Waals surface area (Å²) in [6, 6.07) is -3.56. The van der Waals surface area contributed by atoms with Crippen LogP contribution in [0.5, 0.6) is 0 Å². The van der Waals surface area contributed by atoms with Crippen molar-refractivity contribution in [2.24, 2.45) is 0 Å². The molecule has 10 aromatic rings. The molecular formula is C46H28N2OS. The first-order valence-corrected chi connectivity index (χ1v) is 15.8. The second kappa shape index (κ2) is 11.7. The number of thiophene rings is 1. The second-order valence-corrected chi connectivity index (χ2v) is 12.0. The van der Waals surface area contributed by atoms with Crippen LogP contribution in [-0.2, 0) is 0 Å². The van der Waals surface area contributed by atoms with E-state index in [4.69, 9.17) is 31.8 Å². The highest BCUT2D eigenvalue weighted by Crippen LogP contribution is 2.41. The summed E-state index contributed by atoms with van der Waals surface area (Å²) < 4.78 is 189. The number of nitrogens with zero attached hydrogens (tertiary/aromatic N) is 2. The first kappa shape index (κ1) is 14.6. The molecule has 0 spiro atoms. The number of fused-ring (bicyclic) bond motifs is 6. The summed E-state index contributed by atoms with van der Waals surface area (Å²) in [5, 5.41) is 0.370. The summed E-state index contributed by atoms with van der Waals surface area (Å²) in [5.74, 6) is 0. The van der Waals surface area contributed by atoms with Crippen molar-refractivity contribution in [3.05, 3.63) is 170 Å². The molecule has 3 nitrogen and oxygen atoms in total. The quantitative estimate of drug-likeness (QED) is 0.182. The molecule has 4 heteroatoms. The summed E-state index contributed by atoms with van der Waals surface area (Å²) in [4.78, 5) is 8.83. The molecule has 3 aromatic heterocycles. The van der Waals surface area contributed by atoms with E-state index in [9.17, 15) is 1.37 Å². The van der Waals surface area contributed by atoms with E-state index in [1.165, 1.54) is 30.3 Å². The van der Waals surface area contributed by atoms with Gasteiger partial charge in [0.05, 0.1) is 28.8 Å². The van der Waals surface area contributed by atoms with Crippen molar-refractivity contribution in [1.29, 1.82) is 0 Å². The molecule has 7 aromatic carbocycles. The average Bonchev–Trinajstić information content (AvgIpc) is 3.93. The zero-order valence-corrected chi connectivity index (χ0v) is 26.1. The smallest absolute Gasteiger partial charge is 0.180 e. The van der Waals surface area contributed by atoms with Crippen molar-refractivity contribution < 1.29 is 33.2 Å². The Morgan fingerprint density at radius 2 is 1.24 bits per heavy atom. The summed E-state index contributed by atoms with van der Waals surface area (Å²) in [5.41, 5.74) is -1.69. The van der Waals surface area contributed by atoms with Crippen LogP contribution in [0.3, 0.4) is 0 Å². The van der Waals surface area contributed by atoms with Crippen LogP contribution in [0.4, 0.5) is 0 Å². The van der Waals surface area contributed by atoms with Gasteiger partial charge in [-0.05, 0) is 74.8 Å². The molecule has 0 atom stereocenters. The minimum Gasteiger partial charge on any atom is -0.452 e. The molecule has 0 saturated carbocycles. The number of hydrogen-bond donors (Lipinski definition) is 0. The Balaban J connectivity index is 1.13. The SMILES string of the molecule is [2H]c1cc(-c2c([2H])c([2H])c(-c3ccc4oc5c(-c6c([2H])cc([2H])c(-c7cc([2H])c([2H])c8c7sc7c([2H])c([2H])c([2H])c([2H])c78)c6[2H])ncnc5c4c3)c([2H])c2[2H])c([2H])c(-c2c([2H])c([2H])c([2H])c([2H])c2[2H])c1[2H]. The first-order valence-electron chi connectivity index (χ1n) is 25.5. The average molecular weight is 678 g/mol. The largest absolute Gasteiger partial charge is 0.452 e. The molecule has 0 aliphatic carbocycles. The van der Waals surface area contributed by atoms with Gasteiger partial charge in [-0.15, -0.1) is 11.3 Å². The third-order valence-electron chi connectivity index (χ3n) is 8.04. The molecule has 50 heavy (non-hydrogen) atoms. The number of benzene rings is 7. The van der Waals surface area contributed by atoms with E-state index in [0.717, 1.165) is 23.7 Å². The summed E-state index contributed by atoms with van der Waals surface area (Å²) in [7, 11) is 0. The number of hydrogen-bond acceptors (Lipinski definition) is 4. The number of aromatic nitrogens is 2. The van der Waals surface area contributed by atoms with E-state index in [1.54, 1.807) is 0 Å². The standard InChI is InChI=1S/C46H28N2OS/c1-2-9-29(10-3-1)32-11-6-12-33(25-32)30-19-21-31(22-20-30)34-23-24-41-40(27-34)44-45(49-41)43(47-28-48-44)36-14-7-13-35(26-36)37-16-8-17-39-38-15-4-5-18-42(38)50-46(37)39/h1-28H/i1D,2D,3D,4D,5D,6D,8D,9D,10D,11D,13D,14D,15D,17D,18D,19D,20D,21D,22D,25D,26D. The van der Waals surface area contributed by atoms with Gasteiger partial charge in [0.15, 0.2) is 5.58 Å². The van der Waals surface area contributed by atoms with Crippen molar-refractivity contribution in [2.75, 3.05) is 0 Å². The molecule has 10 rings (SSSR count). The Kier molecular flexibility index (Phi) is 3.41. The van der Waals surface area contributed by atoms with Gasteiger partial charge in [0.25, 0.3) is 0 Å². The van der Waals surface area contributed by atoms with E-state index in [2.05, 4.69) is 9.97 Å². The Morgan fingerprint density at radius 1 is 0.520 bits per heavy atom. The van der Waals surface area contributed by atoms with Gasteiger partial charge < -0.3 is 4.42 Å². The van der Waals surface area contributed by atoms with Crippen molar-refractivity contribution in [3.8, 4) is 55.8 Å². The van der Waals surface area contributed by atoms with Gasteiger partial charge in [0, 0.05) is 31.1 Å². The monoisotopic (exact) mass is 677 g/mol. The van der Waals surface area contributed by atoms with Crippen molar-refractivity contribution in [3.63, 3.8) is 0 Å². The highest BCUT2D eigenvalue weighted by Gasteiger charge is 2.17. The van der Waals surface area contributed by atoms with Crippen LogP contribution in [-0.4, -0.2) is 9.97 Å². The molecular weight excluding hydrogens is 629 g/mol. The van der Waals surface area contributed by atoms with E-state index < -0.39 is 113 Å². The maximum absolute atomic E-state index is 9.52. The van der Waals surface area contributed by atoms with Crippen molar-refractivity contribution in [2.45, 2.75) is 0 Å². The predicted molar refractivity (Wildman–Crippen MR) is 209 cm³/mol. The van der Waals surface area contributed by atoms with Crippen molar-refractivity contribution >= 4 is 53.6 Å². The molecule has 0 aliphatic heterocycles. The lowest BCUT2D eigenvalue weighted by atomic mass is 9.97. The topological polar surface area (TPSA) is 38.9 Å². The van der Waals surface area contributed by atoms with Gasteiger partial charge in [-0.1, -0.05) is 133 Å². The van der Waals surface area contributed by atoms with Crippen LogP contribution in [0.2, 0.25) is 0 Å². The van der Waals surface area contributed by atoms with Crippen molar-refractivity contribution in [1.82, 2.24) is 9.97 Å². The summed E-state index contributed by atoms with van der Waals surface area (Å²) in [6.45, 7) is 0. The lowest BCUT2D eigenvalue weighted by Gasteiger charge is -2.08. The predicted octanol–water partition coefficient (Wildman–Crippen LogP) is 13.1. The Labute approximate surface area is 322 Å². The van der Waals surface area contributed by atoms with E-state index >= 15 is 0 Å². The molecule has 3 heterocycles. The van der Waals surface area contributed by atoms with Gasteiger partial charge in [-0.25, -0.2) is 9.97 Å². The fraction of sp³-hybridized carbons (Fsp3) is 0. The Hall–Kier alpha value is -6.36. The lowest BCUT2D eigenvalue weighted by molar-refractivity contribution is 0.667. The maximum atomic E-state index is 9.52. The molecule has 0 fully saturated rings. The maximum Gasteiger partial charge on any atom is 0.180 e. The molecule has 0 saturated heterocycles. The van der Waals surface area contributed by atoms with E-state index in [0.29, 0.717) is 0 Å². The van der Waals surface area contributed by atoms with Crippen LogP contribution in [0.15, 0.2) is 174 Å². The fourth-order valence-corrected chi connectivity index (χ4v) is 6.82. The van der Waals surface area contributed by atoms with Gasteiger partial charge in [0.1, 0.15) is 23.1 Å². The zero-order chi connectivity index (χ0) is 51.3. The van der Waals surface area contributed by atoms with Crippen LogP contribution in [0.25, 0.3) is 98.0 Å². The van der Waals surface area contributed by atoms with Gasteiger partial charge in [-0.3, -0.25) is 0 Å². The molecule has 0 unspecified atom stereocenters. The van der Waals surface area contributed by atoms with Gasteiger partial charge in [0.2, 0.25) is 0 Å². The highest BCUT2D eigenvalue weighted by atomic mass is 32.1. The first-order chi connectivity index (χ1) is 33.5. The van der Waals surface area contributed by atoms with Crippen LogP contribution in [0, 0.1) is 0 Å². The van der Waals surface area contributed by atoms with E-state index in [-0.39, 0.29) is 112 Å². The number of rotatable bonds is 5. The highest BCUT2D eigenvalue weighted by molar-refractivity contribution is 7.26. The van der Waals surface area contributed by atoms with Gasteiger partial charge in [-0.2, -0.15) is 0 Å². The van der Waals surface area contributed by atoms with Crippen LogP contribution >= 0.6 is 11.3 Å². The van der Waals surface area contributed by atoms with Crippen LogP contribution in [0.1, 0.15) is 28.8 Å². The second-order valence-electron chi connectivity index (χ2n) is 10.9. The minimum absolute atomic E-state index is 0.0134. The third kappa shape index (κ3) is 4.80. The van der Waals surface area contributed by atoms with E-state index in [1.807, 2.05) is 0 Å². The molecule has 234 valence electrons. The molecule has 0 bridgehead atoms.